The summed E-state index contributed by atoms with van der Waals surface area (Å²) in [6.07, 6.45) is -0.408. The van der Waals surface area contributed by atoms with Crippen molar-refractivity contribution in [2.45, 2.75) is 19.8 Å². The Morgan fingerprint density at radius 2 is 1.85 bits per heavy atom. The van der Waals surface area contributed by atoms with Crippen LogP contribution in [0.4, 0.5) is 0 Å². The zero-order valence-electron chi connectivity index (χ0n) is 7.02. The molecule has 6 nitrogen and oxygen atoms in total. The van der Waals surface area contributed by atoms with Crippen LogP contribution in [0.15, 0.2) is 0 Å². The van der Waals surface area contributed by atoms with E-state index >= 15 is 0 Å². The van der Waals surface area contributed by atoms with Crippen LogP contribution in [-0.4, -0.2) is 27.3 Å². The van der Waals surface area contributed by atoms with Gasteiger partial charge in [-0.2, -0.15) is 4.21 Å². The van der Waals surface area contributed by atoms with Gasteiger partial charge in [0.05, 0.1) is 19.4 Å². The summed E-state index contributed by atoms with van der Waals surface area (Å²) < 4.78 is 26.4. The van der Waals surface area contributed by atoms with Crippen molar-refractivity contribution in [1.29, 1.82) is 0 Å². The van der Waals surface area contributed by atoms with Crippen molar-refractivity contribution >= 4 is 23.3 Å². The standard InChI is InChI=1S/C6H10O6S/c1-2-11-5(7)3-4-6(8)12-13(9)10/h2-4H2,1H3,(H,9,10). The van der Waals surface area contributed by atoms with Crippen molar-refractivity contribution in [2.24, 2.45) is 0 Å². The highest BCUT2D eigenvalue weighted by Crippen LogP contribution is 1.96. The van der Waals surface area contributed by atoms with E-state index in [1.54, 1.807) is 6.92 Å². The van der Waals surface area contributed by atoms with Crippen molar-refractivity contribution in [3.8, 4) is 0 Å². The minimum Gasteiger partial charge on any atom is -0.466 e. The molecule has 0 fully saturated rings. The molecule has 1 unspecified atom stereocenters. The Morgan fingerprint density at radius 3 is 2.31 bits per heavy atom. The van der Waals surface area contributed by atoms with Gasteiger partial charge in [-0.1, -0.05) is 0 Å². The Balaban J connectivity index is 3.58. The van der Waals surface area contributed by atoms with E-state index in [1.807, 2.05) is 0 Å². The van der Waals surface area contributed by atoms with E-state index in [0.29, 0.717) is 0 Å². The highest BCUT2D eigenvalue weighted by Gasteiger charge is 2.10. The minimum atomic E-state index is -2.62. The second-order valence-corrected chi connectivity index (χ2v) is 2.58. The molecule has 0 heterocycles. The molecule has 76 valence electrons. The average molecular weight is 210 g/mol. The third-order valence-electron chi connectivity index (χ3n) is 1.00. The van der Waals surface area contributed by atoms with Gasteiger partial charge in [0.1, 0.15) is 0 Å². The maximum absolute atomic E-state index is 10.7. The van der Waals surface area contributed by atoms with Gasteiger partial charge in [0, 0.05) is 0 Å². The molecule has 0 aliphatic carbocycles. The van der Waals surface area contributed by atoms with Crippen LogP contribution < -0.4 is 0 Å². The van der Waals surface area contributed by atoms with E-state index in [1.165, 1.54) is 0 Å². The maximum Gasteiger partial charge on any atom is 0.360 e. The van der Waals surface area contributed by atoms with Gasteiger partial charge in [-0.15, -0.1) is 0 Å². The Bertz CT molecular complexity index is 213. The Labute approximate surface area is 77.7 Å². The Kier molecular flexibility index (Phi) is 6.07. The zero-order chi connectivity index (χ0) is 10.3. The molecule has 0 radical (unpaired) electrons. The van der Waals surface area contributed by atoms with E-state index < -0.39 is 23.3 Å². The highest BCUT2D eigenvalue weighted by molar-refractivity contribution is 7.74. The summed E-state index contributed by atoms with van der Waals surface area (Å²) in [6, 6.07) is 0. The van der Waals surface area contributed by atoms with Crippen LogP contribution >= 0.6 is 0 Å². The predicted octanol–water partition coefficient (Wildman–Crippen LogP) is 0.00960. The molecule has 0 saturated carbocycles. The van der Waals surface area contributed by atoms with Crippen LogP contribution in [0.2, 0.25) is 0 Å². The predicted molar refractivity (Wildman–Crippen MR) is 42.7 cm³/mol. The first-order chi connectivity index (χ1) is 6.06. The van der Waals surface area contributed by atoms with Crippen LogP contribution in [0.25, 0.3) is 0 Å². The molecule has 1 atom stereocenters. The van der Waals surface area contributed by atoms with E-state index in [2.05, 4.69) is 8.92 Å². The normalized spacial score (nSPS) is 11.8. The van der Waals surface area contributed by atoms with Crippen molar-refractivity contribution in [1.82, 2.24) is 0 Å². The first kappa shape index (κ1) is 12.0. The molecule has 0 amide bonds. The molecule has 0 aromatic rings. The number of carbonyl (C=O) groups is 2. The molecule has 0 aromatic carbocycles. The van der Waals surface area contributed by atoms with Crippen molar-refractivity contribution in [3.05, 3.63) is 0 Å². The Hall–Kier alpha value is -0.950. The molecule has 0 aromatic heterocycles. The topological polar surface area (TPSA) is 89.9 Å². The second kappa shape index (κ2) is 6.55. The van der Waals surface area contributed by atoms with Gasteiger partial charge >= 0.3 is 23.3 Å². The molecular formula is C6H10O6S. The van der Waals surface area contributed by atoms with Crippen LogP contribution in [0, 0.1) is 0 Å². The molecule has 0 saturated heterocycles. The number of hydrogen-bond acceptors (Lipinski definition) is 5. The summed E-state index contributed by atoms with van der Waals surface area (Å²) in [7, 11) is 0. The van der Waals surface area contributed by atoms with Crippen LogP contribution in [-0.2, 0) is 29.9 Å². The van der Waals surface area contributed by atoms with Crippen LogP contribution in [0.5, 0.6) is 0 Å². The molecule has 1 N–H and O–H groups in total. The van der Waals surface area contributed by atoms with Gasteiger partial charge in [0.25, 0.3) is 0 Å². The molecule has 13 heavy (non-hydrogen) atoms. The lowest BCUT2D eigenvalue weighted by Crippen LogP contribution is -2.10. The quantitative estimate of drug-likeness (QED) is 0.507. The summed E-state index contributed by atoms with van der Waals surface area (Å²) in [5.41, 5.74) is 0. The molecular weight excluding hydrogens is 200 g/mol. The van der Waals surface area contributed by atoms with Gasteiger partial charge in [0.15, 0.2) is 0 Å². The van der Waals surface area contributed by atoms with Crippen LogP contribution in [0.3, 0.4) is 0 Å². The number of esters is 1. The maximum atomic E-state index is 10.7. The van der Waals surface area contributed by atoms with Gasteiger partial charge < -0.3 is 8.92 Å². The van der Waals surface area contributed by atoms with Gasteiger partial charge in [-0.3, -0.25) is 14.1 Å². The zero-order valence-corrected chi connectivity index (χ0v) is 7.83. The van der Waals surface area contributed by atoms with Crippen molar-refractivity contribution in [2.75, 3.05) is 6.61 Å². The minimum absolute atomic E-state index is 0.149. The molecule has 0 bridgehead atoms. The van der Waals surface area contributed by atoms with Gasteiger partial charge in [-0.25, -0.2) is 0 Å². The summed E-state index contributed by atoms with van der Waals surface area (Å²) in [5, 5.41) is 0. The number of ether oxygens (including phenoxy) is 1. The van der Waals surface area contributed by atoms with Crippen LogP contribution in [0.1, 0.15) is 19.8 Å². The molecule has 0 aliphatic heterocycles. The van der Waals surface area contributed by atoms with Gasteiger partial charge in [0.2, 0.25) is 0 Å². The number of hydrogen-bond donors (Lipinski definition) is 1. The molecule has 0 aliphatic rings. The molecule has 0 spiro atoms. The number of carbonyl (C=O) groups excluding carboxylic acids is 2. The fourth-order valence-electron chi connectivity index (χ4n) is 0.558. The average Bonchev–Trinajstić information content (AvgIpc) is 2.00. The van der Waals surface area contributed by atoms with E-state index in [9.17, 15) is 13.8 Å². The smallest absolute Gasteiger partial charge is 0.360 e. The first-order valence-corrected chi connectivity index (χ1v) is 4.57. The third kappa shape index (κ3) is 7.41. The van der Waals surface area contributed by atoms with E-state index in [4.69, 9.17) is 4.55 Å². The summed E-state index contributed by atoms with van der Waals surface area (Å²) in [6.45, 7) is 1.87. The summed E-state index contributed by atoms with van der Waals surface area (Å²) in [5.74, 6) is -1.45. The summed E-state index contributed by atoms with van der Waals surface area (Å²) >= 11 is -2.62. The lowest BCUT2D eigenvalue weighted by molar-refractivity contribution is -0.146. The molecule has 7 heteroatoms. The fraction of sp³-hybridized carbons (Fsp3) is 0.667. The van der Waals surface area contributed by atoms with Crippen molar-refractivity contribution in [3.63, 3.8) is 0 Å². The van der Waals surface area contributed by atoms with Gasteiger partial charge in [-0.05, 0) is 6.92 Å². The number of rotatable bonds is 5. The lowest BCUT2D eigenvalue weighted by Gasteiger charge is -1.99. The first-order valence-electron chi connectivity index (χ1n) is 3.54. The third-order valence-corrected chi connectivity index (χ3v) is 1.33. The van der Waals surface area contributed by atoms with E-state index in [-0.39, 0.29) is 19.4 Å². The lowest BCUT2D eigenvalue weighted by atomic mass is 10.3. The van der Waals surface area contributed by atoms with Crippen molar-refractivity contribution < 1.29 is 27.3 Å². The molecule has 0 rings (SSSR count). The SMILES string of the molecule is CCOC(=O)CCC(=O)OS(=O)O. The van der Waals surface area contributed by atoms with E-state index in [0.717, 1.165) is 0 Å². The highest BCUT2D eigenvalue weighted by atomic mass is 32.2. The summed E-state index contributed by atoms with van der Waals surface area (Å²) in [4.78, 5) is 21.2. The fourth-order valence-corrected chi connectivity index (χ4v) is 0.801. The Morgan fingerprint density at radius 1 is 1.31 bits per heavy atom. The second-order valence-electron chi connectivity index (χ2n) is 1.98. The monoisotopic (exact) mass is 210 g/mol. The largest absolute Gasteiger partial charge is 0.466 e.